The maximum Gasteiger partial charge on any atom is 0.0608 e. The first-order chi connectivity index (χ1) is 14.3. The van der Waals surface area contributed by atoms with Gasteiger partial charge in [-0.1, -0.05) is 6.42 Å². The van der Waals surface area contributed by atoms with Crippen molar-refractivity contribution in [3.63, 3.8) is 0 Å². The molecule has 0 amide bonds. The molecule has 1 heterocycles. The Labute approximate surface area is 184 Å². The zero-order valence-electron chi connectivity index (χ0n) is 17.8. The SMILES string of the molecule is CC1CCCCN1CC(=NNC1CCC(N([O-])O)CC1N([O-])O)C1CCC(Cl)CC1. The molecule has 4 unspecified atom stereocenters. The molecule has 3 rings (SSSR count). The first-order valence-electron chi connectivity index (χ1n) is 11.4. The maximum atomic E-state index is 11.7. The van der Waals surface area contributed by atoms with Gasteiger partial charge in [0.15, 0.2) is 0 Å². The summed E-state index contributed by atoms with van der Waals surface area (Å²) in [6, 6.07) is -1.36. The summed E-state index contributed by atoms with van der Waals surface area (Å²) in [4.78, 5) is 2.48. The van der Waals surface area contributed by atoms with Gasteiger partial charge in [0.1, 0.15) is 0 Å². The molecule has 0 aromatic heterocycles. The highest BCUT2D eigenvalue weighted by Crippen LogP contribution is 2.30. The van der Waals surface area contributed by atoms with Crippen molar-refractivity contribution >= 4 is 17.3 Å². The Morgan fingerprint density at radius 2 is 1.80 bits per heavy atom. The van der Waals surface area contributed by atoms with Crippen molar-refractivity contribution in [3.8, 4) is 0 Å². The van der Waals surface area contributed by atoms with Gasteiger partial charge >= 0.3 is 0 Å². The summed E-state index contributed by atoms with van der Waals surface area (Å²) in [5, 5.41) is 46.5. The zero-order chi connectivity index (χ0) is 21.7. The third-order valence-corrected chi connectivity index (χ3v) is 7.63. The highest BCUT2D eigenvalue weighted by molar-refractivity contribution is 6.20. The van der Waals surface area contributed by atoms with E-state index in [9.17, 15) is 20.8 Å². The number of rotatable bonds is 7. The number of nitrogens with one attached hydrogen (secondary N) is 1. The number of hydrazone groups is 1. The van der Waals surface area contributed by atoms with E-state index in [2.05, 4.69) is 17.2 Å². The molecule has 2 aliphatic carbocycles. The fraction of sp³-hybridized carbons (Fsp3) is 0.950. The summed E-state index contributed by atoms with van der Waals surface area (Å²) < 4.78 is 0. The van der Waals surface area contributed by atoms with Crippen LogP contribution in [0, 0.1) is 16.3 Å². The average Bonchev–Trinajstić information content (AvgIpc) is 2.73. The Morgan fingerprint density at radius 1 is 1.07 bits per heavy atom. The largest absolute Gasteiger partial charge is 0.762 e. The molecule has 3 fully saturated rings. The van der Waals surface area contributed by atoms with E-state index in [1.165, 1.54) is 19.3 Å². The fourth-order valence-corrected chi connectivity index (χ4v) is 5.38. The van der Waals surface area contributed by atoms with E-state index < -0.39 is 12.1 Å². The highest BCUT2D eigenvalue weighted by atomic mass is 35.5. The molecule has 0 aromatic rings. The van der Waals surface area contributed by atoms with Gasteiger partial charge in [0.05, 0.1) is 11.8 Å². The standard InChI is InChI=1S/C20H36ClN5O4/c1-14-4-2-3-11-24(14)13-19(15-5-7-16(21)8-6-15)23-22-18-10-9-17(25(27)28)12-20(18)26(29)30/h14-18,20,22,27,29H,2-13H2,1H3/q-2. The lowest BCUT2D eigenvalue weighted by molar-refractivity contribution is -0.137. The van der Waals surface area contributed by atoms with Gasteiger partial charge in [-0.3, -0.25) is 15.4 Å². The minimum Gasteiger partial charge on any atom is -0.762 e. The number of hydroxylamine groups is 4. The second-order valence-corrected chi connectivity index (χ2v) is 9.86. The van der Waals surface area contributed by atoms with Crippen LogP contribution < -0.4 is 5.43 Å². The zero-order valence-corrected chi connectivity index (χ0v) is 18.6. The van der Waals surface area contributed by atoms with Crippen LogP contribution >= 0.6 is 11.6 Å². The van der Waals surface area contributed by atoms with Crippen LogP contribution in [-0.4, -0.2) is 74.1 Å². The van der Waals surface area contributed by atoms with Crippen LogP contribution in [-0.2, 0) is 0 Å². The molecule has 30 heavy (non-hydrogen) atoms. The predicted molar refractivity (Wildman–Crippen MR) is 116 cm³/mol. The minimum atomic E-state index is -0.829. The molecule has 2 saturated carbocycles. The van der Waals surface area contributed by atoms with E-state index in [0.29, 0.717) is 24.8 Å². The van der Waals surface area contributed by atoms with Crippen molar-refractivity contribution < 1.29 is 10.4 Å². The lowest BCUT2D eigenvalue weighted by Gasteiger charge is -2.45. The molecule has 0 aromatic carbocycles. The fourth-order valence-electron chi connectivity index (χ4n) is 5.13. The number of likely N-dealkylation sites (tertiary alicyclic amines) is 1. The van der Waals surface area contributed by atoms with Crippen LogP contribution in [0.2, 0.25) is 0 Å². The number of alkyl halides is 1. The van der Waals surface area contributed by atoms with E-state index in [-0.39, 0.29) is 28.3 Å². The monoisotopic (exact) mass is 445 g/mol. The van der Waals surface area contributed by atoms with E-state index in [4.69, 9.17) is 16.7 Å². The van der Waals surface area contributed by atoms with E-state index in [1.807, 2.05) is 0 Å². The van der Waals surface area contributed by atoms with E-state index in [1.54, 1.807) is 0 Å². The Hall–Kier alpha value is -0.520. The maximum absolute atomic E-state index is 11.7. The molecule has 10 heteroatoms. The number of hydrogen-bond donors (Lipinski definition) is 3. The number of nitrogens with zero attached hydrogens (tertiary/aromatic N) is 4. The second kappa shape index (κ2) is 11.4. The third kappa shape index (κ3) is 6.49. The molecule has 174 valence electrons. The van der Waals surface area contributed by atoms with Gasteiger partial charge in [0.25, 0.3) is 0 Å². The summed E-state index contributed by atoms with van der Waals surface area (Å²) in [5.74, 6) is 0.364. The molecule has 3 N–H and O–H groups in total. The quantitative estimate of drug-likeness (QED) is 0.310. The Morgan fingerprint density at radius 3 is 2.43 bits per heavy atom. The lowest BCUT2D eigenvalue weighted by Crippen LogP contribution is -2.53. The van der Waals surface area contributed by atoms with Crippen LogP contribution in [0.25, 0.3) is 0 Å². The van der Waals surface area contributed by atoms with Crippen molar-refractivity contribution in [1.29, 1.82) is 0 Å². The van der Waals surface area contributed by atoms with Crippen molar-refractivity contribution in [2.75, 3.05) is 13.1 Å². The summed E-state index contributed by atoms with van der Waals surface area (Å²) >= 11 is 6.31. The van der Waals surface area contributed by atoms with Gasteiger partial charge in [0, 0.05) is 36.0 Å². The van der Waals surface area contributed by atoms with Gasteiger partial charge in [0.2, 0.25) is 0 Å². The lowest BCUT2D eigenvalue weighted by atomic mass is 9.84. The second-order valence-electron chi connectivity index (χ2n) is 9.24. The molecule has 3 aliphatic rings. The first-order valence-corrected chi connectivity index (χ1v) is 11.8. The van der Waals surface area contributed by atoms with Gasteiger partial charge in [-0.05, 0) is 71.3 Å². The summed E-state index contributed by atoms with van der Waals surface area (Å²) in [7, 11) is 0. The molecule has 1 aliphatic heterocycles. The molecular formula is C20H36ClN5O4-2. The smallest absolute Gasteiger partial charge is 0.0608 e. The molecule has 0 bridgehead atoms. The average molecular weight is 446 g/mol. The topological polar surface area (TPSA) is 121 Å². The minimum absolute atomic E-state index is 0.0863. The van der Waals surface area contributed by atoms with Crippen molar-refractivity contribution in [1.82, 2.24) is 20.8 Å². The van der Waals surface area contributed by atoms with E-state index in [0.717, 1.165) is 44.5 Å². The normalized spacial score (nSPS) is 37.0. The molecule has 0 spiro atoms. The summed E-state index contributed by atoms with van der Waals surface area (Å²) in [5.41, 5.74) is 4.24. The number of halogens is 1. The third-order valence-electron chi connectivity index (χ3n) is 7.19. The molecular weight excluding hydrogens is 410 g/mol. The Bertz CT molecular complexity index is 559. The molecule has 4 atom stereocenters. The summed E-state index contributed by atoms with van der Waals surface area (Å²) in [6.45, 7) is 4.14. The van der Waals surface area contributed by atoms with Gasteiger partial charge in [-0.25, -0.2) is 0 Å². The van der Waals surface area contributed by atoms with Gasteiger partial charge in [-0.2, -0.15) is 5.10 Å². The number of hydrogen-bond acceptors (Lipinski definition) is 9. The van der Waals surface area contributed by atoms with Crippen LogP contribution in [0.5, 0.6) is 0 Å². The summed E-state index contributed by atoms with van der Waals surface area (Å²) in [6.07, 6.45) is 8.65. The Kier molecular flexibility index (Phi) is 9.15. The molecule has 9 nitrogen and oxygen atoms in total. The Balaban J connectivity index is 1.69. The van der Waals surface area contributed by atoms with Crippen LogP contribution in [0.3, 0.4) is 0 Å². The van der Waals surface area contributed by atoms with Gasteiger partial charge < -0.3 is 26.3 Å². The first kappa shape index (κ1) is 24.1. The van der Waals surface area contributed by atoms with Gasteiger partial charge in [-0.15, -0.1) is 11.6 Å². The van der Waals surface area contributed by atoms with Crippen LogP contribution in [0.15, 0.2) is 5.10 Å². The van der Waals surface area contributed by atoms with Crippen molar-refractivity contribution in [2.24, 2.45) is 11.0 Å². The molecule has 0 radical (unpaired) electrons. The van der Waals surface area contributed by atoms with Crippen molar-refractivity contribution in [3.05, 3.63) is 10.4 Å². The van der Waals surface area contributed by atoms with E-state index >= 15 is 0 Å². The van der Waals surface area contributed by atoms with Crippen molar-refractivity contribution in [2.45, 2.75) is 101 Å². The van der Waals surface area contributed by atoms with Crippen LogP contribution in [0.1, 0.15) is 71.1 Å². The predicted octanol–water partition coefficient (Wildman–Crippen LogP) is 3.27. The number of piperidine rings is 1. The van der Waals surface area contributed by atoms with Crippen LogP contribution in [0.4, 0.5) is 0 Å². The highest BCUT2D eigenvalue weighted by Gasteiger charge is 2.33. The molecule has 1 saturated heterocycles.